The van der Waals surface area contributed by atoms with Crippen molar-refractivity contribution in [3.63, 3.8) is 0 Å². The number of benzene rings is 2. The molecule has 0 saturated carbocycles. The van der Waals surface area contributed by atoms with Crippen LogP contribution in [-0.4, -0.2) is 20.6 Å². The highest BCUT2D eigenvalue weighted by molar-refractivity contribution is 7.89. The van der Waals surface area contributed by atoms with Crippen molar-refractivity contribution >= 4 is 21.4 Å². The van der Waals surface area contributed by atoms with Gasteiger partial charge in [-0.3, -0.25) is 4.79 Å². The second-order valence-electron chi connectivity index (χ2n) is 6.69. The van der Waals surface area contributed by atoms with Crippen molar-refractivity contribution in [2.45, 2.75) is 19.3 Å². The molecule has 2 aromatic carbocycles. The van der Waals surface area contributed by atoms with Gasteiger partial charge in [-0.25, -0.2) is 12.8 Å². The van der Waals surface area contributed by atoms with Gasteiger partial charge in [0, 0.05) is 11.9 Å². The summed E-state index contributed by atoms with van der Waals surface area (Å²) in [6.07, 6.45) is 1.09. The molecule has 0 saturated heterocycles. The first-order valence-corrected chi connectivity index (χ1v) is 10.8. The number of ether oxygens (including phenoxy) is 1. The van der Waals surface area contributed by atoms with E-state index in [1.807, 2.05) is 6.92 Å². The van der Waals surface area contributed by atoms with Crippen LogP contribution in [-0.2, 0) is 22.2 Å². The van der Waals surface area contributed by atoms with E-state index in [2.05, 4.69) is 5.32 Å². The standard InChI is InChI=1S/C21H20FNO5S/c1-14-10-17(27-12-15-4-3-5-16(22)11-15)6-8-19(14)23-21(24)20-9-7-18(28-20)13-29(2,25)26/h3-11H,12-13H2,1-2H3,(H,23,24). The number of anilines is 1. The maximum absolute atomic E-state index is 13.2. The first-order valence-electron chi connectivity index (χ1n) is 8.75. The average Bonchev–Trinajstić information content (AvgIpc) is 3.09. The normalized spacial score (nSPS) is 11.3. The minimum Gasteiger partial charge on any atom is -0.489 e. The lowest BCUT2D eigenvalue weighted by Gasteiger charge is -2.11. The molecule has 1 heterocycles. The van der Waals surface area contributed by atoms with E-state index < -0.39 is 15.7 Å². The number of nitrogens with one attached hydrogen (secondary N) is 1. The van der Waals surface area contributed by atoms with Crippen LogP contribution in [0.2, 0.25) is 0 Å². The lowest BCUT2D eigenvalue weighted by Crippen LogP contribution is -2.12. The highest BCUT2D eigenvalue weighted by atomic mass is 32.2. The van der Waals surface area contributed by atoms with E-state index in [-0.39, 0.29) is 29.7 Å². The first kappa shape index (κ1) is 20.6. The van der Waals surface area contributed by atoms with Gasteiger partial charge >= 0.3 is 0 Å². The fourth-order valence-corrected chi connectivity index (χ4v) is 3.35. The van der Waals surface area contributed by atoms with Gasteiger partial charge in [-0.1, -0.05) is 12.1 Å². The fraction of sp³-hybridized carbons (Fsp3) is 0.190. The third kappa shape index (κ3) is 5.92. The number of amides is 1. The molecular weight excluding hydrogens is 397 g/mol. The van der Waals surface area contributed by atoms with Gasteiger partial charge in [-0.05, 0) is 60.5 Å². The van der Waals surface area contributed by atoms with Crippen LogP contribution in [0.25, 0.3) is 0 Å². The van der Waals surface area contributed by atoms with Crippen LogP contribution in [0, 0.1) is 12.7 Å². The largest absolute Gasteiger partial charge is 0.489 e. The summed E-state index contributed by atoms with van der Waals surface area (Å²) in [4.78, 5) is 12.4. The summed E-state index contributed by atoms with van der Waals surface area (Å²) in [6.45, 7) is 2.03. The Morgan fingerprint density at radius 3 is 2.62 bits per heavy atom. The third-order valence-corrected chi connectivity index (χ3v) is 4.84. The zero-order chi connectivity index (χ0) is 21.0. The van der Waals surface area contributed by atoms with Crippen LogP contribution in [0.15, 0.2) is 59.0 Å². The summed E-state index contributed by atoms with van der Waals surface area (Å²) in [6, 6.07) is 14.2. The maximum Gasteiger partial charge on any atom is 0.291 e. The van der Waals surface area contributed by atoms with Crippen molar-refractivity contribution in [1.82, 2.24) is 0 Å². The van der Waals surface area contributed by atoms with Crippen molar-refractivity contribution in [3.8, 4) is 5.75 Å². The third-order valence-electron chi connectivity index (χ3n) is 4.03. The number of aryl methyl sites for hydroxylation is 1. The molecule has 3 aromatic rings. The van der Waals surface area contributed by atoms with Crippen LogP contribution in [0.5, 0.6) is 5.75 Å². The maximum atomic E-state index is 13.2. The summed E-state index contributed by atoms with van der Waals surface area (Å²) in [5.74, 6) is -0.265. The molecule has 0 aliphatic carbocycles. The van der Waals surface area contributed by atoms with Gasteiger partial charge in [0.15, 0.2) is 15.6 Å². The molecule has 0 fully saturated rings. The topological polar surface area (TPSA) is 85.6 Å². The average molecular weight is 417 g/mol. The van der Waals surface area contributed by atoms with E-state index in [9.17, 15) is 17.6 Å². The van der Waals surface area contributed by atoms with Gasteiger partial charge < -0.3 is 14.5 Å². The molecule has 0 aliphatic heterocycles. The van der Waals surface area contributed by atoms with Crippen molar-refractivity contribution in [2.24, 2.45) is 0 Å². The van der Waals surface area contributed by atoms with Crippen molar-refractivity contribution in [2.75, 3.05) is 11.6 Å². The van der Waals surface area contributed by atoms with Gasteiger partial charge in [-0.15, -0.1) is 0 Å². The number of furan rings is 1. The Hall–Kier alpha value is -3.13. The molecule has 1 N–H and O–H groups in total. The molecule has 0 unspecified atom stereocenters. The molecule has 1 amide bonds. The van der Waals surface area contributed by atoms with Crippen LogP contribution >= 0.6 is 0 Å². The van der Waals surface area contributed by atoms with Gasteiger partial charge in [0.2, 0.25) is 0 Å². The van der Waals surface area contributed by atoms with E-state index in [1.54, 1.807) is 30.3 Å². The minimum absolute atomic E-state index is 0.0227. The smallest absolute Gasteiger partial charge is 0.291 e. The molecule has 0 bridgehead atoms. The van der Waals surface area contributed by atoms with Crippen LogP contribution < -0.4 is 10.1 Å². The minimum atomic E-state index is -3.25. The van der Waals surface area contributed by atoms with E-state index in [0.717, 1.165) is 11.8 Å². The highest BCUT2D eigenvalue weighted by Gasteiger charge is 2.15. The Morgan fingerprint density at radius 2 is 1.93 bits per heavy atom. The highest BCUT2D eigenvalue weighted by Crippen LogP contribution is 2.23. The summed E-state index contributed by atoms with van der Waals surface area (Å²) >= 11 is 0. The van der Waals surface area contributed by atoms with E-state index in [4.69, 9.17) is 9.15 Å². The molecule has 1 aromatic heterocycles. The molecule has 29 heavy (non-hydrogen) atoms. The van der Waals surface area contributed by atoms with E-state index in [1.165, 1.54) is 24.3 Å². The predicted molar refractivity (Wildman–Crippen MR) is 107 cm³/mol. The first-order chi connectivity index (χ1) is 13.7. The molecule has 0 atom stereocenters. The van der Waals surface area contributed by atoms with E-state index in [0.29, 0.717) is 17.0 Å². The Bertz CT molecular complexity index is 1140. The number of hydrogen-bond donors (Lipinski definition) is 1. The van der Waals surface area contributed by atoms with Crippen LogP contribution in [0.3, 0.4) is 0 Å². The number of rotatable bonds is 7. The number of hydrogen-bond acceptors (Lipinski definition) is 5. The van der Waals surface area contributed by atoms with Gasteiger partial charge in [-0.2, -0.15) is 0 Å². The number of halogens is 1. The van der Waals surface area contributed by atoms with Crippen LogP contribution in [0.4, 0.5) is 10.1 Å². The molecule has 0 radical (unpaired) electrons. The van der Waals surface area contributed by atoms with Crippen molar-refractivity contribution < 1.29 is 26.8 Å². The summed E-state index contributed by atoms with van der Waals surface area (Å²) in [5.41, 5.74) is 2.04. The molecule has 152 valence electrons. The molecular formula is C21H20FNO5S. The zero-order valence-electron chi connectivity index (χ0n) is 15.9. The Balaban J connectivity index is 1.63. The van der Waals surface area contributed by atoms with Gasteiger partial charge in [0.1, 0.15) is 29.7 Å². The Kier molecular flexibility index (Phi) is 6.03. The second-order valence-corrected chi connectivity index (χ2v) is 8.83. The molecule has 0 spiro atoms. The van der Waals surface area contributed by atoms with Crippen molar-refractivity contribution in [1.29, 1.82) is 0 Å². The zero-order valence-corrected chi connectivity index (χ0v) is 16.8. The quantitative estimate of drug-likeness (QED) is 0.625. The molecule has 6 nitrogen and oxygen atoms in total. The van der Waals surface area contributed by atoms with Gasteiger partial charge in [0.05, 0.1) is 0 Å². The summed E-state index contributed by atoms with van der Waals surface area (Å²) < 4.78 is 46.8. The Labute approximate surface area is 168 Å². The molecule has 0 aliphatic rings. The SMILES string of the molecule is Cc1cc(OCc2cccc(F)c2)ccc1NC(=O)c1ccc(CS(C)(=O)=O)o1. The lowest BCUT2D eigenvalue weighted by molar-refractivity contribution is 0.0995. The van der Waals surface area contributed by atoms with Crippen LogP contribution in [0.1, 0.15) is 27.4 Å². The lowest BCUT2D eigenvalue weighted by atomic mass is 10.2. The molecule has 8 heteroatoms. The second kappa shape index (κ2) is 8.48. The number of carbonyl (C=O) groups is 1. The monoisotopic (exact) mass is 417 g/mol. The predicted octanol–water partition coefficient (Wildman–Crippen LogP) is 4.10. The van der Waals surface area contributed by atoms with Crippen molar-refractivity contribution in [3.05, 3.63) is 83.1 Å². The van der Waals surface area contributed by atoms with Gasteiger partial charge in [0.25, 0.3) is 5.91 Å². The summed E-state index contributed by atoms with van der Waals surface area (Å²) in [7, 11) is -3.25. The fourth-order valence-electron chi connectivity index (χ4n) is 2.68. The summed E-state index contributed by atoms with van der Waals surface area (Å²) in [5, 5.41) is 2.72. The molecule has 3 rings (SSSR count). The Morgan fingerprint density at radius 1 is 1.14 bits per heavy atom. The van der Waals surface area contributed by atoms with E-state index >= 15 is 0 Å². The number of sulfone groups is 1. The number of carbonyl (C=O) groups excluding carboxylic acids is 1.